The molecule has 1 aromatic rings. The van der Waals surface area contributed by atoms with Gasteiger partial charge in [0.05, 0.1) is 21.6 Å². The van der Waals surface area contributed by atoms with Gasteiger partial charge in [-0.2, -0.15) is 0 Å². The fourth-order valence-corrected chi connectivity index (χ4v) is 3.28. The van der Waals surface area contributed by atoms with Crippen molar-refractivity contribution in [2.24, 2.45) is 0 Å². The van der Waals surface area contributed by atoms with Gasteiger partial charge in [0, 0.05) is 12.6 Å². The number of sulfone groups is 1. The van der Waals surface area contributed by atoms with E-state index < -0.39 is 9.84 Å². The Morgan fingerprint density at radius 3 is 2.50 bits per heavy atom. The van der Waals surface area contributed by atoms with Crippen molar-refractivity contribution in [2.75, 3.05) is 11.5 Å². The molecule has 0 spiro atoms. The summed E-state index contributed by atoms with van der Waals surface area (Å²) in [5.41, 5.74) is 0.999. The van der Waals surface area contributed by atoms with Gasteiger partial charge in [0.25, 0.3) is 0 Å². The van der Waals surface area contributed by atoms with Crippen LogP contribution in [0.4, 0.5) is 0 Å². The number of benzene rings is 1. The Bertz CT molecular complexity index is 490. The van der Waals surface area contributed by atoms with Crippen LogP contribution in [0.3, 0.4) is 0 Å². The molecular weight excluding hydrogens is 269 g/mol. The lowest BCUT2D eigenvalue weighted by atomic mass is 10.2. The first-order chi connectivity index (χ1) is 7.46. The Morgan fingerprint density at radius 2 is 1.94 bits per heavy atom. The predicted octanol–water partition coefficient (Wildman–Crippen LogP) is 1.88. The highest BCUT2D eigenvalue weighted by Gasteiger charge is 2.32. The minimum absolute atomic E-state index is 0.0689. The molecule has 0 amide bonds. The molecule has 1 aliphatic rings. The monoisotopic (exact) mass is 279 g/mol. The first-order valence-electron chi connectivity index (χ1n) is 4.84. The Balaban J connectivity index is 1.89. The van der Waals surface area contributed by atoms with Gasteiger partial charge in [0.2, 0.25) is 0 Å². The van der Waals surface area contributed by atoms with E-state index in [-0.39, 0.29) is 17.5 Å². The number of halogens is 2. The summed E-state index contributed by atoms with van der Waals surface area (Å²) >= 11 is 11.7. The molecule has 0 atom stereocenters. The van der Waals surface area contributed by atoms with Crippen LogP contribution in [0, 0.1) is 0 Å². The van der Waals surface area contributed by atoms with E-state index in [2.05, 4.69) is 5.32 Å². The minimum Gasteiger partial charge on any atom is -0.308 e. The fraction of sp³-hybridized carbons (Fsp3) is 0.400. The molecule has 2 rings (SSSR count). The molecule has 16 heavy (non-hydrogen) atoms. The summed E-state index contributed by atoms with van der Waals surface area (Å²) in [4.78, 5) is 0. The van der Waals surface area contributed by atoms with Gasteiger partial charge in [0.1, 0.15) is 0 Å². The highest BCUT2D eigenvalue weighted by atomic mass is 35.5. The number of rotatable bonds is 3. The molecule has 88 valence electrons. The van der Waals surface area contributed by atoms with Crippen LogP contribution in [0.1, 0.15) is 5.56 Å². The van der Waals surface area contributed by atoms with Gasteiger partial charge < -0.3 is 5.32 Å². The third-order valence-corrected chi connectivity index (χ3v) is 5.05. The van der Waals surface area contributed by atoms with Crippen molar-refractivity contribution in [2.45, 2.75) is 12.6 Å². The van der Waals surface area contributed by atoms with Crippen molar-refractivity contribution in [1.29, 1.82) is 0 Å². The van der Waals surface area contributed by atoms with Gasteiger partial charge in [-0.1, -0.05) is 29.3 Å². The largest absolute Gasteiger partial charge is 0.308 e. The molecule has 1 saturated heterocycles. The third kappa shape index (κ3) is 2.88. The topological polar surface area (TPSA) is 46.2 Å². The highest BCUT2D eigenvalue weighted by molar-refractivity contribution is 7.92. The highest BCUT2D eigenvalue weighted by Crippen LogP contribution is 2.22. The zero-order valence-electron chi connectivity index (χ0n) is 8.41. The molecule has 1 aliphatic heterocycles. The lowest BCUT2D eigenvalue weighted by molar-refractivity contribution is 0.511. The van der Waals surface area contributed by atoms with Crippen LogP contribution in [-0.4, -0.2) is 26.0 Å². The van der Waals surface area contributed by atoms with Crippen LogP contribution < -0.4 is 5.32 Å². The van der Waals surface area contributed by atoms with E-state index in [1.54, 1.807) is 12.1 Å². The van der Waals surface area contributed by atoms with Crippen LogP contribution in [0.5, 0.6) is 0 Å². The smallest absolute Gasteiger partial charge is 0.153 e. The molecule has 0 saturated carbocycles. The van der Waals surface area contributed by atoms with E-state index in [1.165, 1.54) is 0 Å². The van der Waals surface area contributed by atoms with E-state index in [9.17, 15) is 8.42 Å². The first-order valence-corrected chi connectivity index (χ1v) is 7.42. The van der Waals surface area contributed by atoms with E-state index in [1.807, 2.05) is 6.07 Å². The average Bonchev–Trinajstić information content (AvgIpc) is 2.16. The second kappa shape index (κ2) is 4.53. The molecule has 1 N–H and O–H groups in total. The zero-order chi connectivity index (χ0) is 11.8. The summed E-state index contributed by atoms with van der Waals surface area (Å²) in [6.45, 7) is 0.608. The summed E-state index contributed by atoms with van der Waals surface area (Å²) in [7, 11) is -2.76. The van der Waals surface area contributed by atoms with Gasteiger partial charge in [-0.25, -0.2) is 8.42 Å². The van der Waals surface area contributed by atoms with Gasteiger partial charge in [-0.15, -0.1) is 0 Å². The van der Waals surface area contributed by atoms with Crippen molar-refractivity contribution in [3.8, 4) is 0 Å². The van der Waals surface area contributed by atoms with Crippen LogP contribution in [0.25, 0.3) is 0 Å². The lowest BCUT2D eigenvalue weighted by Crippen LogP contribution is -2.50. The zero-order valence-corrected chi connectivity index (χ0v) is 10.7. The van der Waals surface area contributed by atoms with Crippen molar-refractivity contribution in [3.05, 3.63) is 33.8 Å². The molecule has 3 nitrogen and oxygen atoms in total. The van der Waals surface area contributed by atoms with Crippen molar-refractivity contribution < 1.29 is 8.42 Å². The van der Waals surface area contributed by atoms with E-state index in [0.29, 0.717) is 16.6 Å². The van der Waals surface area contributed by atoms with Crippen molar-refractivity contribution in [1.82, 2.24) is 5.32 Å². The Hall–Kier alpha value is -0.290. The summed E-state index contributed by atoms with van der Waals surface area (Å²) in [5.74, 6) is 0.461. The maximum Gasteiger partial charge on any atom is 0.153 e. The summed E-state index contributed by atoms with van der Waals surface area (Å²) < 4.78 is 21.9. The summed E-state index contributed by atoms with van der Waals surface area (Å²) in [6, 6.07) is 5.45. The summed E-state index contributed by atoms with van der Waals surface area (Å²) in [5, 5.41) is 4.20. The molecule has 0 radical (unpaired) electrons. The molecule has 0 aromatic heterocycles. The predicted molar refractivity (Wildman–Crippen MR) is 65.7 cm³/mol. The number of hydrogen-bond donors (Lipinski definition) is 1. The maximum absolute atomic E-state index is 10.9. The Kier molecular flexibility index (Phi) is 3.45. The van der Waals surface area contributed by atoms with Crippen LogP contribution in [0.2, 0.25) is 10.0 Å². The molecule has 0 aliphatic carbocycles. The first kappa shape index (κ1) is 12.2. The molecule has 1 fully saturated rings. The van der Waals surface area contributed by atoms with Crippen molar-refractivity contribution in [3.63, 3.8) is 0 Å². The molecule has 1 aromatic carbocycles. The molecule has 6 heteroatoms. The Labute approximate surface area is 105 Å². The second-order valence-electron chi connectivity index (χ2n) is 3.90. The Morgan fingerprint density at radius 1 is 1.25 bits per heavy atom. The van der Waals surface area contributed by atoms with Gasteiger partial charge in [-0.3, -0.25) is 0 Å². The fourth-order valence-electron chi connectivity index (χ4n) is 1.59. The van der Waals surface area contributed by atoms with Crippen molar-refractivity contribution >= 4 is 33.0 Å². The standard InChI is InChI=1S/C10H11Cl2NO2S/c11-9-2-1-7(3-10(9)12)4-13-8-5-16(14,15)6-8/h1-3,8,13H,4-6H2. The third-order valence-electron chi connectivity index (χ3n) is 2.49. The number of hydrogen-bond acceptors (Lipinski definition) is 3. The molecular formula is C10H11Cl2NO2S. The van der Waals surface area contributed by atoms with E-state index in [0.717, 1.165) is 5.56 Å². The van der Waals surface area contributed by atoms with E-state index >= 15 is 0 Å². The second-order valence-corrected chi connectivity index (χ2v) is 6.87. The molecule has 1 heterocycles. The van der Waals surface area contributed by atoms with Crippen LogP contribution >= 0.6 is 23.2 Å². The van der Waals surface area contributed by atoms with Crippen LogP contribution in [0.15, 0.2) is 18.2 Å². The lowest BCUT2D eigenvalue weighted by Gasteiger charge is -2.26. The van der Waals surface area contributed by atoms with Gasteiger partial charge in [-0.05, 0) is 17.7 Å². The summed E-state index contributed by atoms with van der Waals surface area (Å²) in [6.07, 6.45) is 0. The number of nitrogens with one attached hydrogen (secondary N) is 1. The molecule has 0 unspecified atom stereocenters. The van der Waals surface area contributed by atoms with E-state index in [4.69, 9.17) is 23.2 Å². The van der Waals surface area contributed by atoms with Crippen LogP contribution in [-0.2, 0) is 16.4 Å². The minimum atomic E-state index is -2.76. The quantitative estimate of drug-likeness (QED) is 0.919. The molecule has 0 bridgehead atoms. The normalized spacial score (nSPS) is 19.4. The maximum atomic E-state index is 10.9. The van der Waals surface area contributed by atoms with Gasteiger partial charge in [0.15, 0.2) is 9.84 Å². The average molecular weight is 280 g/mol. The van der Waals surface area contributed by atoms with Gasteiger partial charge >= 0.3 is 0 Å². The SMILES string of the molecule is O=S1(=O)CC(NCc2ccc(Cl)c(Cl)c2)C1.